The Bertz CT molecular complexity index is 2380. The van der Waals surface area contributed by atoms with E-state index in [1.807, 2.05) is 36.4 Å². The topological polar surface area (TPSA) is 38.7 Å². The minimum Gasteiger partial charge on any atom is -0.208 e. The van der Waals surface area contributed by atoms with E-state index in [1.165, 1.54) is 44.2 Å². The van der Waals surface area contributed by atoms with Gasteiger partial charge in [0.15, 0.2) is 17.5 Å². The average Bonchev–Trinajstić information content (AvgIpc) is 3.19. The van der Waals surface area contributed by atoms with Gasteiger partial charge in [-0.05, 0) is 106 Å². The Hall–Kier alpha value is -6.37. The number of benzene rings is 6. The first-order valence-corrected chi connectivity index (χ1v) is 17.4. The second kappa shape index (κ2) is 14.6. The van der Waals surface area contributed by atoms with Crippen molar-refractivity contribution in [2.45, 2.75) is 33.1 Å². The molecule has 0 aliphatic heterocycles. The maximum Gasteiger partial charge on any atom is 0.164 e. The quantitative estimate of drug-likeness (QED) is 0.167. The summed E-state index contributed by atoms with van der Waals surface area (Å²) >= 11 is 0. The fourth-order valence-corrected chi connectivity index (χ4v) is 7.17. The zero-order valence-electron chi connectivity index (χ0n) is 29.2. The molecule has 246 valence electrons. The lowest BCUT2D eigenvalue weighted by atomic mass is 9.80. The molecule has 1 aliphatic rings. The monoisotopic (exact) mass is 657 g/mol. The zero-order chi connectivity index (χ0) is 35.3. The molecule has 1 aliphatic carbocycles. The Balaban J connectivity index is 0.00000200. The van der Waals surface area contributed by atoms with Crippen LogP contribution in [0.2, 0.25) is 0 Å². The Labute approximate surface area is 301 Å². The van der Waals surface area contributed by atoms with Gasteiger partial charge in [0.2, 0.25) is 0 Å². The summed E-state index contributed by atoms with van der Waals surface area (Å²) in [5, 5.41) is 2.59. The third kappa shape index (κ3) is 6.53. The van der Waals surface area contributed by atoms with Crippen molar-refractivity contribution < 1.29 is 0 Å². The highest BCUT2D eigenvalue weighted by Crippen LogP contribution is 2.43. The van der Waals surface area contributed by atoms with Gasteiger partial charge in [0.05, 0.1) is 0 Å². The van der Waals surface area contributed by atoms with Crippen LogP contribution in [-0.4, -0.2) is 15.0 Å². The molecular weight excluding hydrogens is 619 g/mol. The van der Waals surface area contributed by atoms with Crippen LogP contribution >= 0.6 is 0 Å². The predicted octanol–water partition coefficient (Wildman–Crippen LogP) is 12.5. The third-order valence-electron chi connectivity index (χ3n) is 9.57. The summed E-state index contributed by atoms with van der Waals surface area (Å²) in [7, 11) is 0. The van der Waals surface area contributed by atoms with Crippen molar-refractivity contribution in [3.63, 3.8) is 0 Å². The molecule has 0 amide bonds. The van der Waals surface area contributed by atoms with Crippen LogP contribution in [0.3, 0.4) is 0 Å². The van der Waals surface area contributed by atoms with Crippen LogP contribution in [-0.2, 0) is 0 Å². The van der Waals surface area contributed by atoms with Crippen LogP contribution in [0.15, 0.2) is 140 Å². The molecule has 3 heteroatoms. The van der Waals surface area contributed by atoms with E-state index in [4.69, 9.17) is 15.0 Å². The second-order valence-electron chi connectivity index (χ2n) is 12.9. The lowest BCUT2D eigenvalue weighted by Gasteiger charge is -2.24. The van der Waals surface area contributed by atoms with Gasteiger partial charge in [0.1, 0.15) is 0 Å². The van der Waals surface area contributed by atoms with Crippen LogP contribution in [0.25, 0.3) is 79.3 Å². The number of terminal acetylenes is 1. The van der Waals surface area contributed by atoms with Crippen LogP contribution in [0, 0.1) is 19.8 Å². The van der Waals surface area contributed by atoms with Gasteiger partial charge in [-0.2, -0.15) is 0 Å². The summed E-state index contributed by atoms with van der Waals surface area (Å²) in [6.07, 6.45) is 18.0. The average molecular weight is 658 g/mol. The van der Waals surface area contributed by atoms with Crippen molar-refractivity contribution in [2.24, 2.45) is 0 Å². The zero-order valence-corrected chi connectivity index (χ0v) is 29.2. The number of aromatic nitrogens is 3. The smallest absolute Gasteiger partial charge is 0.164 e. The summed E-state index contributed by atoms with van der Waals surface area (Å²) in [4.78, 5) is 15.3. The van der Waals surface area contributed by atoms with Crippen LogP contribution in [0.4, 0.5) is 0 Å². The molecule has 1 heterocycles. The van der Waals surface area contributed by atoms with Gasteiger partial charge < -0.3 is 0 Å². The van der Waals surface area contributed by atoms with E-state index in [0.29, 0.717) is 23.4 Å². The van der Waals surface area contributed by atoms with E-state index < -0.39 is 0 Å². The van der Waals surface area contributed by atoms with Crippen molar-refractivity contribution in [1.29, 1.82) is 0 Å². The Morgan fingerprint density at radius 2 is 1.18 bits per heavy atom. The van der Waals surface area contributed by atoms with Crippen molar-refractivity contribution in [3.05, 3.63) is 162 Å². The first kappa shape index (κ1) is 33.1. The second-order valence-corrected chi connectivity index (χ2v) is 12.9. The molecule has 51 heavy (non-hydrogen) atoms. The fraction of sp³-hybridized carbons (Fsp3) is 0.104. The molecule has 0 bridgehead atoms. The molecule has 1 unspecified atom stereocenters. The molecule has 0 saturated heterocycles. The Kier molecular flexibility index (Phi) is 9.50. The van der Waals surface area contributed by atoms with Crippen LogP contribution in [0.1, 0.15) is 48.4 Å². The fourth-order valence-electron chi connectivity index (χ4n) is 7.17. The van der Waals surface area contributed by atoms with Crippen LogP contribution in [0.5, 0.6) is 0 Å². The lowest BCUT2D eigenvalue weighted by Crippen LogP contribution is -2.04. The summed E-state index contributed by atoms with van der Waals surface area (Å²) in [6, 6.07) is 44.9. The molecule has 1 atom stereocenters. The maximum absolute atomic E-state index is 5.14. The van der Waals surface area contributed by atoms with Crippen molar-refractivity contribution in [3.8, 4) is 69.3 Å². The number of aryl methyl sites for hydroxylation is 1. The predicted molar refractivity (Wildman–Crippen MR) is 216 cm³/mol. The normalized spacial score (nSPS) is 13.5. The minimum atomic E-state index is 0.427. The number of hydrogen-bond acceptors (Lipinski definition) is 3. The highest BCUT2D eigenvalue weighted by Gasteiger charge is 2.22. The summed E-state index contributed by atoms with van der Waals surface area (Å²) < 4.78 is 0. The van der Waals surface area contributed by atoms with Gasteiger partial charge in [0, 0.05) is 16.7 Å². The van der Waals surface area contributed by atoms with E-state index in [-0.39, 0.29) is 0 Å². The third-order valence-corrected chi connectivity index (χ3v) is 9.57. The first-order valence-electron chi connectivity index (χ1n) is 17.4. The number of hydrogen-bond donors (Lipinski definition) is 0. The van der Waals surface area contributed by atoms with E-state index in [2.05, 4.69) is 149 Å². The molecule has 8 rings (SSSR count). The van der Waals surface area contributed by atoms with Gasteiger partial charge >= 0.3 is 0 Å². The van der Waals surface area contributed by atoms with Crippen molar-refractivity contribution in [2.75, 3.05) is 0 Å². The molecule has 0 spiro atoms. The summed E-state index contributed by atoms with van der Waals surface area (Å²) in [6.45, 7) is 6.60. The molecule has 0 fully saturated rings. The van der Waals surface area contributed by atoms with Gasteiger partial charge in [-0.3, -0.25) is 0 Å². The SMILES string of the molecule is C#C.C/C=C\c1c(C)cccc1-c1cc(-c2nc(-c3ccccc3)nc(-c3ccccc3)n2)cc(-c2cc3ccccc3c3c2C=CCC3C)c1. The largest absolute Gasteiger partial charge is 0.208 e. The van der Waals surface area contributed by atoms with Gasteiger partial charge in [-0.15, -0.1) is 12.8 Å². The number of fused-ring (bicyclic) bond motifs is 3. The van der Waals surface area contributed by atoms with Gasteiger partial charge in [-0.1, -0.05) is 134 Å². The minimum absolute atomic E-state index is 0.427. The highest BCUT2D eigenvalue weighted by atomic mass is 15.0. The van der Waals surface area contributed by atoms with E-state index >= 15 is 0 Å². The number of allylic oxidation sites excluding steroid dienone is 2. The van der Waals surface area contributed by atoms with Crippen molar-refractivity contribution >= 4 is 22.9 Å². The molecule has 3 nitrogen and oxygen atoms in total. The molecule has 6 aromatic carbocycles. The molecule has 0 radical (unpaired) electrons. The maximum atomic E-state index is 5.14. The van der Waals surface area contributed by atoms with E-state index in [1.54, 1.807) is 0 Å². The van der Waals surface area contributed by atoms with Gasteiger partial charge in [0.25, 0.3) is 0 Å². The van der Waals surface area contributed by atoms with Crippen molar-refractivity contribution in [1.82, 2.24) is 15.0 Å². The standard InChI is InChI=1S/C46H37N3.C2H2/c1-4-15-38-30(2)16-13-24-39(38)35-26-36(42-29-34-22-11-12-23-40(34)43-31(3)17-14-25-41(42)43)28-37(27-35)46-48-44(32-18-7-5-8-19-32)47-45(49-46)33-20-9-6-10-21-33;1-2/h4-16,18-29,31H,17H2,1-3H3;1-2H/b15-4-;. The molecule has 1 aromatic heterocycles. The number of nitrogens with zero attached hydrogens (tertiary/aromatic N) is 3. The van der Waals surface area contributed by atoms with E-state index in [9.17, 15) is 0 Å². The van der Waals surface area contributed by atoms with E-state index in [0.717, 1.165) is 34.2 Å². The Morgan fingerprint density at radius 1 is 0.608 bits per heavy atom. The molecule has 0 saturated carbocycles. The van der Waals surface area contributed by atoms with Gasteiger partial charge in [-0.25, -0.2) is 15.0 Å². The first-order chi connectivity index (χ1) is 25.1. The molecule has 0 N–H and O–H groups in total. The lowest BCUT2D eigenvalue weighted by molar-refractivity contribution is 0.779. The Morgan fingerprint density at radius 3 is 1.82 bits per heavy atom. The number of rotatable bonds is 6. The molecule has 7 aromatic rings. The van der Waals surface area contributed by atoms with Crippen LogP contribution < -0.4 is 0 Å². The summed E-state index contributed by atoms with van der Waals surface area (Å²) in [5.41, 5.74) is 12.7. The summed E-state index contributed by atoms with van der Waals surface area (Å²) in [5.74, 6) is 2.38. The molecular formula is C48H39N3. The highest BCUT2D eigenvalue weighted by molar-refractivity contribution is 5.98.